The lowest BCUT2D eigenvalue weighted by Crippen LogP contribution is -2.32. The number of thioether (sulfide) groups is 1. The molecule has 6 nitrogen and oxygen atoms in total. The molecule has 3 aromatic rings. The molecule has 0 spiro atoms. The molecule has 3 rings (SSSR count). The molecule has 0 bridgehead atoms. The minimum Gasteiger partial charge on any atom is -0.355 e. The van der Waals surface area contributed by atoms with Gasteiger partial charge in [-0.2, -0.15) is 0 Å². The van der Waals surface area contributed by atoms with Crippen molar-refractivity contribution in [2.24, 2.45) is 0 Å². The minimum absolute atomic E-state index is 0.178. The first-order valence-corrected chi connectivity index (χ1v) is 9.47. The van der Waals surface area contributed by atoms with E-state index in [1.54, 1.807) is 31.2 Å². The summed E-state index contributed by atoms with van der Waals surface area (Å²) < 4.78 is 27.5. The Kier molecular flexibility index (Phi) is 6.25. The summed E-state index contributed by atoms with van der Waals surface area (Å²) in [4.78, 5) is 12.3. The predicted octanol–water partition coefficient (Wildman–Crippen LogP) is 2.78. The fourth-order valence-corrected chi connectivity index (χ4v) is 3.31. The van der Waals surface area contributed by atoms with Gasteiger partial charge in [-0.15, -0.1) is 10.2 Å². The number of amides is 1. The van der Waals surface area contributed by atoms with Gasteiger partial charge in [-0.25, -0.2) is 13.5 Å². The summed E-state index contributed by atoms with van der Waals surface area (Å²) in [6.07, 6.45) is 0.597. The third kappa shape index (κ3) is 4.86. The summed E-state index contributed by atoms with van der Waals surface area (Å²) in [5.74, 6) is 5.45. The first-order valence-electron chi connectivity index (χ1n) is 8.59. The second-order valence-corrected chi connectivity index (χ2v) is 7.42. The van der Waals surface area contributed by atoms with Gasteiger partial charge >= 0.3 is 0 Å². The number of aromatic nitrogens is 3. The van der Waals surface area contributed by atoms with Crippen LogP contribution in [0.5, 0.6) is 0 Å². The topological polar surface area (TPSA) is 85.8 Å². The van der Waals surface area contributed by atoms with Crippen LogP contribution in [0.1, 0.15) is 12.5 Å². The van der Waals surface area contributed by atoms with Gasteiger partial charge in [0.05, 0.1) is 5.25 Å². The molecule has 2 aromatic carbocycles. The van der Waals surface area contributed by atoms with Gasteiger partial charge in [-0.1, -0.05) is 36.0 Å². The third-order valence-corrected chi connectivity index (χ3v) is 5.08. The van der Waals surface area contributed by atoms with Crippen molar-refractivity contribution in [1.82, 2.24) is 20.2 Å². The summed E-state index contributed by atoms with van der Waals surface area (Å²) in [5, 5.41) is 10.7. The molecule has 28 heavy (non-hydrogen) atoms. The van der Waals surface area contributed by atoms with E-state index < -0.39 is 11.1 Å². The highest BCUT2D eigenvalue weighted by molar-refractivity contribution is 8.00. The Balaban J connectivity index is 1.56. The lowest BCUT2D eigenvalue weighted by molar-refractivity contribution is -0.120. The summed E-state index contributed by atoms with van der Waals surface area (Å²) in [6, 6.07) is 12.0. The normalized spacial score (nSPS) is 12.0. The van der Waals surface area contributed by atoms with Crippen LogP contribution in [0.4, 0.5) is 8.78 Å². The molecule has 9 heteroatoms. The van der Waals surface area contributed by atoms with Crippen LogP contribution >= 0.6 is 11.8 Å². The maximum absolute atomic E-state index is 13.4. The summed E-state index contributed by atoms with van der Waals surface area (Å²) in [6.45, 7) is 2.16. The van der Waals surface area contributed by atoms with E-state index in [2.05, 4.69) is 15.5 Å². The second kappa shape index (κ2) is 8.83. The standard InChI is InChI=1S/C19H19F2N5OS/c1-12(18(27)23-10-9-13-5-7-15(20)8-6-13)28-19-25-24-17(26(19)22)14-3-2-4-16(21)11-14/h2-8,11-12H,9-10,22H2,1H3,(H,23,27)/t12-/m1/s1. The molecule has 0 saturated heterocycles. The van der Waals surface area contributed by atoms with Gasteiger partial charge in [0.15, 0.2) is 5.82 Å². The number of hydrogen-bond donors (Lipinski definition) is 2. The largest absolute Gasteiger partial charge is 0.355 e. The number of carbonyl (C=O) groups excluding carboxylic acids is 1. The number of halogens is 2. The van der Waals surface area contributed by atoms with E-state index in [0.717, 1.165) is 17.3 Å². The lowest BCUT2D eigenvalue weighted by Gasteiger charge is -2.11. The Morgan fingerprint density at radius 3 is 2.64 bits per heavy atom. The number of nitrogens with two attached hydrogens (primary N) is 1. The van der Waals surface area contributed by atoms with Crippen LogP contribution in [0.3, 0.4) is 0 Å². The average Bonchev–Trinajstić information content (AvgIpc) is 3.03. The Bertz CT molecular complexity index is 961. The minimum atomic E-state index is -0.458. The molecule has 0 aliphatic heterocycles. The number of nitrogen functional groups attached to an aromatic ring is 1. The van der Waals surface area contributed by atoms with Gasteiger partial charge in [0, 0.05) is 12.1 Å². The molecule has 1 aromatic heterocycles. The molecule has 146 valence electrons. The zero-order valence-electron chi connectivity index (χ0n) is 15.1. The highest BCUT2D eigenvalue weighted by atomic mass is 32.2. The first kappa shape index (κ1) is 19.8. The van der Waals surface area contributed by atoms with Crippen molar-refractivity contribution in [3.05, 3.63) is 65.7 Å². The number of benzene rings is 2. The molecule has 1 atom stereocenters. The number of nitrogens with zero attached hydrogens (tertiary/aromatic N) is 3. The number of hydrogen-bond acceptors (Lipinski definition) is 5. The van der Waals surface area contributed by atoms with Gasteiger partial charge in [0.25, 0.3) is 0 Å². The van der Waals surface area contributed by atoms with E-state index in [9.17, 15) is 13.6 Å². The van der Waals surface area contributed by atoms with Gasteiger partial charge in [0.1, 0.15) is 11.6 Å². The summed E-state index contributed by atoms with van der Waals surface area (Å²) in [7, 11) is 0. The molecule has 1 amide bonds. The second-order valence-electron chi connectivity index (χ2n) is 6.11. The van der Waals surface area contributed by atoms with Crippen molar-refractivity contribution in [1.29, 1.82) is 0 Å². The van der Waals surface area contributed by atoms with E-state index in [0.29, 0.717) is 29.5 Å². The van der Waals surface area contributed by atoms with Gasteiger partial charge < -0.3 is 11.2 Å². The summed E-state index contributed by atoms with van der Waals surface area (Å²) >= 11 is 1.16. The maximum atomic E-state index is 13.4. The fraction of sp³-hybridized carbons (Fsp3) is 0.211. The highest BCUT2D eigenvalue weighted by Crippen LogP contribution is 2.25. The zero-order valence-corrected chi connectivity index (χ0v) is 15.9. The van der Waals surface area contributed by atoms with Crippen LogP contribution in [0.25, 0.3) is 11.4 Å². The fourth-order valence-electron chi connectivity index (χ4n) is 2.52. The first-order chi connectivity index (χ1) is 13.4. The van der Waals surface area contributed by atoms with E-state index in [-0.39, 0.29) is 11.7 Å². The van der Waals surface area contributed by atoms with Crippen molar-refractivity contribution < 1.29 is 13.6 Å². The van der Waals surface area contributed by atoms with Crippen LogP contribution in [0, 0.1) is 11.6 Å². The Labute approximate surface area is 165 Å². The van der Waals surface area contributed by atoms with Gasteiger partial charge in [-0.3, -0.25) is 4.79 Å². The molecular weight excluding hydrogens is 384 g/mol. The van der Waals surface area contributed by atoms with Crippen molar-refractivity contribution in [2.45, 2.75) is 23.8 Å². The molecule has 0 aliphatic carbocycles. The maximum Gasteiger partial charge on any atom is 0.233 e. The lowest BCUT2D eigenvalue weighted by atomic mass is 10.1. The van der Waals surface area contributed by atoms with E-state index in [1.165, 1.54) is 28.9 Å². The quantitative estimate of drug-likeness (QED) is 0.468. The van der Waals surface area contributed by atoms with Crippen molar-refractivity contribution >= 4 is 17.7 Å². The monoisotopic (exact) mass is 403 g/mol. The van der Waals surface area contributed by atoms with Crippen LogP contribution in [-0.2, 0) is 11.2 Å². The van der Waals surface area contributed by atoms with Gasteiger partial charge in [-0.05, 0) is 43.2 Å². The van der Waals surface area contributed by atoms with E-state index >= 15 is 0 Å². The number of rotatable bonds is 7. The third-order valence-electron chi connectivity index (χ3n) is 4.02. The van der Waals surface area contributed by atoms with Crippen molar-refractivity contribution in [3.8, 4) is 11.4 Å². The number of carbonyl (C=O) groups is 1. The molecule has 0 unspecified atom stereocenters. The van der Waals surface area contributed by atoms with Crippen LogP contribution in [-0.4, -0.2) is 32.6 Å². The molecule has 1 heterocycles. The molecule has 0 saturated carbocycles. The average molecular weight is 403 g/mol. The Morgan fingerprint density at radius 2 is 1.93 bits per heavy atom. The van der Waals surface area contributed by atoms with E-state index in [4.69, 9.17) is 5.84 Å². The van der Waals surface area contributed by atoms with Gasteiger partial charge in [0.2, 0.25) is 11.1 Å². The number of nitrogens with one attached hydrogen (secondary N) is 1. The Hall–Kier alpha value is -2.94. The molecule has 0 fully saturated rings. The van der Waals surface area contributed by atoms with E-state index in [1.807, 2.05) is 0 Å². The summed E-state index contributed by atoms with van der Waals surface area (Å²) in [5.41, 5.74) is 1.43. The zero-order chi connectivity index (χ0) is 20.1. The SMILES string of the molecule is C[C@@H](Sc1nnc(-c2cccc(F)c2)n1N)C(=O)NCCc1ccc(F)cc1. The van der Waals surface area contributed by atoms with Crippen molar-refractivity contribution in [2.75, 3.05) is 12.4 Å². The Morgan fingerprint density at radius 1 is 1.18 bits per heavy atom. The van der Waals surface area contributed by atoms with Crippen molar-refractivity contribution in [3.63, 3.8) is 0 Å². The highest BCUT2D eigenvalue weighted by Gasteiger charge is 2.19. The van der Waals surface area contributed by atoms with Crippen LogP contribution < -0.4 is 11.2 Å². The molecule has 3 N–H and O–H groups in total. The molecular formula is C19H19F2N5OS. The van der Waals surface area contributed by atoms with Crippen LogP contribution in [0.15, 0.2) is 53.7 Å². The molecule has 0 aliphatic rings. The smallest absolute Gasteiger partial charge is 0.233 e. The van der Waals surface area contributed by atoms with Crippen LogP contribution in [0.2, 0.25) is 0 Å². The predicted molar refractivity (Wildman–Crippen MR) is 104 cm³/mol. The molecule has 0 radical (unpaired) electrons.